The Hall–Kier alpha value is -1.57. The highest BCUT2D eigenvalue weighted by Gasteiger charge is 2.27. The number of nitrogens with zero attached hydrogens (tertiary/aromatic N) is 3. The molecule has 1 amide bonds. The summed E-state index contributed by atoms with van der Waals surface area (Å²) in [5, 5.41) is 3.65. The summed E-state index contributed by atoms with van der Waals surface area (Å²) >= 11 is 11.8. The number of halogens is 2. The fourth-order valence-corrected chi connectivity index (χ4v) is 3.96. The van der Waals surface area contributed by atoms with Crippen LogP contribution in [0.5, 0.6) is 0 Å². The Morgan fingerprint density at radius 1 is 1.26 bits per heavy atom. The molecule has 0 saturated heterocycles. The van der Waals surface area contributed by atoms with E-state index in [2.05, 4.69) is 5.10 Å². The van der Waals surface area contributed by atoms with Crippen molar-refractivity contribution in [2.75, 3.05) is 13.1 Å². The molecule has 124 valence electrons. The lowest BCUT2D eigenvalue weighted by Gasteiger charge is -2.17. The molecule has 0 bridgehead atoms. The van der Waals surface area contributed by atoms with Crippen LogP contribution in [0.15, 0.2) is 40.4 Å². The van der Waals surface area contributed by atoms with E-state index in [0.29, 0.717) is 13.1 Å². The molecular weight excluding hydrogens is 361 g/mol. The highest BCUT2D eigenvalue weighted by Crippen LogP contribution is 2.27. The molecule has 0 unspecified atom stereocenters. The Labute approximate surface area is 144 Å². The van der Waals surface area contributed by atoms with Gasteiger partial charge in [-0.3, -0.25) is 0 Å². The van der Waals surface area contributed by atoms with Crippen LogP contribution in [0.2, 0.25) is 10.0 Å². The minimum Gasteiger partial charge on any atom is -0.323 e. The lowest BCUT2D eigenvalue weighted by atomic mass is 10.4. The van der Waals surface area contributed by atoms with Gasteiger partial charge in [0.05, 0.1) is 16.1 Å². The molecule has 23 heavy (non-hydrogen) atoms. The SMILES string of the molecule is CCN(CC)C(=O)n1cc(Cl)c(S(=O)(=O)c2cccc(Cl)c2)n1. The Morgan fingerprint density at radius 2 is 1.91 bits per heavy atom. The van der Waals surface area contributed by atoms with Crippen molar-refractivity contribution in [1.29, 1.82) is 0 Å². The zero-order chi connectivity index (χ0) is 17.2. The van der Waals surface area contributed by atoms with Crippen molar-refractivity contribution in [3.8, 4) is 0 Å². The first-order valence-corrected chi connectivity index (χ1v) is 9.10. The van der Waals surface area contributed by atoms with Crippen molar-refractivity contribution >= 4 is 39.1 Å². The van der Waals surface area contributed by atoms with Gasteiger partial charge < -0.3 is 4.90 Å². The van der Waals surface area contributed by atoms with E-state index in [1.165, 1.54) is 29.3 Å². The van der Waals surface area contributed by atoms with E-state index in [1.807, 2.05) is 13.8 Å². The smallest absolute Gasteiger partial charge is 0.323 e. The molecule has 1 heterocycles. The van der Waals surface area contributed by atoms with Gasteiger partial charge in [-0.2, -0.15) is 9.78 Å². The molecule has 0 aliphatic rings. The molecule has 0 aliphatic carbocycles. The number of hydrogen-bond acceptors (Lipinski definition) is 4. The van der Waals surface area contributed by atoms with E-state index in [9.17, 15) is 13.2 Å². The highest BCUT2D eigenvalue weighted by atomic mass is 35.5. The van der Waals surface area contributed by atoms with Crippen LogP contribution in [0, 0.1) is 0 Å². The summed E-state index contributed by atoms with van der Waals surface area (Å²) < 4.78 is 26.2. The van der Waals surface area contributed by atoms with Crippen LogP contribution in [0.4, 0.5) is 4.79 Å². The highest BCUT2D eigenvalue weighted by molar-refractivity contribution is 7.91. The van der Waals surface area contributed by atoms with Crippen LogP contribution >= 0.6 is 23.2 Å². The predicted molar refractivity (Wildman–Crippen MR) is 87.9 cm³/mol. The van der Waals surface area contributed by atoms with Crippen LogP contribution in [-0.2, 0) is 9.84 Å². The summed E-state index contributed by atoms with van der Waals surface area (Å²) in [4.78, 5) is 13.7. The molecule has 6 nitrogen and oxygen atoms in total. The molecule has 9 heteroatoms. The number of sulfone groups is 1. The second-order valence-corrected chi connectivity index (χ2v) is 7.35. The molecule has 0 fully saturated rings. The van der Waals surface area contributed by atoms with Crippen molar-refractivity contribution in [1.82, 2.24) is 14.7 Å². The number of carbonyl (C=O) groups excluding carboxylic acids is 1. The van der Waals surface area contributed by atoms with Crippen LogP contribution in [0.3, 0.4) is 0 Å². The Morgan fingerprint density at radius 3 is 2.48 bits per heavy atom. The summed E-state index contributed by atoms with van der Waals surface area (Å²) in [5.41, 5.74) is 0. The molecule has 2 rings (SSSR count). The van der Waals surface area contributed by atoms with Gasteiger partial charge in [0.1, 0.15) is 0 Å². The lowest BCUT2D eigenvalue weighted by molar-refractivity contribution is 0.201. The number of aromatic nitrogens is 2. The van der Waals surface area contributed by atoms with Crippen molar-refractivity contribution < 1.29 is 13.2 Å². The fraction of sp³-hybridized carbons (Fsp3) is 0.286. The van der Waals surface area contributed by atoms with Crippen molar-refractivity contribution in [2.45, 2.75) is 23.8 Å². The van der Waals surface area contributed by atoms with Gasteiger partial charge in [0.15, 0.2) is 0 Å². The molecule has 0 N–H and O–H groups in total. The summed E-state index contributed by atoms with van der Waals surface area (Å²) in [6, 6.07) is 5.33. The number of rotatable bonds is 4. The van der Waals surface area contributed by atoms with Gasteiger partial charge >= 0.3 is 6.03 Å². The summed E-state index contributed by atoms with van der Waals surface area (Å²) in [6.45, 7) is 4.58. The first-order valence-electron chi connectivity index (χ1n) is 6.86. The van der Waals surface area contributed by atoms with Gasteiger partial charge in [-0.1, -0.05) is 29.3 Å². The monoisotopic (exact) mass is 375 g/mol. The second kappa shape index (κ2) is 6.90. The van der Waals surface area contributed by atoms with Crippen LogP contribution in [0.1, 0.15) is 13.8 Å². The van der Waals surface area contributed by atoms with Crippen LogP contribution < -0.4 is 0 Å². The molecular formula is C14H15Cl2N3O3S. The Balaban J connectivity index is 2.47. The van der Waals surface area contributed by atoms with Crippen molar-refractivity contribution in [3.63, 3.8) is 0 Å². The summed E-state index contributed by atoms with van der Waals surface area (Å²) in [6.07, 6.45) is 1.19. The second-order valence-electron chi connectivity index (χ2n) is 4.64. The minimum atomic E-state index is -3.96. The standard InChI is InChI=1S/C14H15Cl2N3O3S/c1-3-18(4-2)14(20)19-9-12(16)13(17-19)23(21,22)11-7-5-6-10(15)8-11/h5-9H,3-4H2,1-2H3. The number of benzene rings is 1. The van der Waals surface area contributed by atoms with E-state index in [1.54, 1.807) is 6.07 Å². The maximum Gasteiger partial charge on any atom is 0.344 e. The zero-order valence-electron chi connectivity index (χ0n) is 12.5. The third kappa shape index (κ3) is 3.52. The number of amides is 1. The molecule has 0 spiro atoms. The normalized spacial score (nSPS) is 11.5. The van der Waals surface area contributed by atoms with Crippen molar-refractivity contribution in [2.24, 2.45) is 0 Å². The average molecular weight is 376 g/mol. The lowest BCUT2D eigenvalue weighted by Crippen LogP contribution is -2.34. The van der Waals surface area contributed by atoms with Crippen LogP contribution in [0.25, 0.3) is 0 Å². The van der Waals surface area contributed by atoms with Gasteiger partial charge in [-0.05, 0) is 32.0 Å². The third-order valence-electron chi connectivity index (χ3n) is 3.23. The molecule has 1 aromatic heterocycles. The first kappa shape index (κ1) is 17.8. The van der Waals surface area contributed by atoms with Gasteiger partial charge in [0.25, 0.3) is 0 Å². The van der Waals surface area contributed by atoms with E-state index in [-0.39, 0.29) is 20.0 Å². The molecule has 2 aromatic rings. The number of hydrogen-bond donors (Lipinski definition) is 0. The van der Waals surface area contributed by atoms with Gasteiger partial charge in [0, 0.05) is 18.1 Å². The fourth-order valence-electron chi connectivity index (χ4n) is 2.00. The molecule has 0 atom stereocenters. The van der Waals surface area contributed by atoms with Gasteiger partial charge in [-0.25, -0.2) is 13.2 Å². The average Bonchev–Trinajstić information content (AvgIpc) is 2.91. The Kier molecular flexibility index (Phi) is 5.33. The maximum absolute atomic E-state index is 12.6. The number of carbonyl (C=O) groups is 1. The molecule has 0 radical (unpaired) electrons. The van der Waals surface area contributed by atoms with Gasteiger partial charge in [0.2, 0.25) is 14.9 Å². The topological polar surface area (TPSA) is 72.3 Å². The zero-order valence-corrected chi connectivity index (χ0v) is 14.9. The van der Waals surface area contributed by atoms with Gasteiger partial charge in [-0.15, -0.1) is 0 Å². The Bertz CT molecular complexity index is 830. The van der Waals surface area contributed by atoms with Crippen molar-refractivity contribution in [3.05, 3.63) is 40.5 Å². The molecule has 1 aromatic carbocycles. The minimum absolute atomic E-state index is 0.0348. The maximum atomic E-state index is 12.6. The third-order valence-corrected chi connectivity index (χ3v) is 5.54. The quantitative estimate of drug-likeness (QED) is 0.821. The van der Waals surface area contributed by atoms with E-state index in [0.717, 1.165) is 4.68 Å². The summed E-state index contributed by atoms with van der Waals surface area (Å²) in [7, 11) is -3.96. The van der Waals surface area contributed by atoms with E-state index in [4.69, 9.17) is 23.2 Å². The largest absolute Gasteiger partial charge is 0.344 e. The first-order chi connectivity index (χ1) is 10.8. The summed E-state index contributed by atoms with van der Waals surface area (Å²) in [5.74, 6) is 0. The van der Waals surface area contributed by atoms with E-state index < -0.39 is 15.9 Å². The van der Waals surface area contributed by atoms with E-state index >= 15 is 0 Å². The molecule has 0 aliphatic heterocycles. The molecule has 0 saturated carbocycles. The van der Waals surface area contributed by atoms with Crippen LogP contribution in [-0.4, -0.2) is 42.2 Å². The predicted octanol–water partition coefficient (Wildman–Crippen LogP) is 3.33.